The van der Waals surface area contributed by atoms with E-state index in [1.54, 1.807) is 28.0 Å². The normalized spacial score (nSPS) is 14.2. The highest BCUT2D eigenvalue weighted by Crippen LogP contribution is 2.27. The third kappa shape index (κ3) is 4.02. The number of aryl methyl sites for hydroxylation is 1. The van der Waals surface area contributed by atoms with E-state index in [1.807, 2.05) is 6.07 Å². The second-order valence-electron chi connectivity index (χ2n) is 6.90. The van der Waals surface area contributed by atoms with Gasteiger partial charge < -0.3 is 14.9 Å². The molecular weight excluding hydrogens is 388 g/mol. The van der Waals surface area contributed by atoms with E-state index in [-0.39, 0.29) is 23.3 Å². The van der Waals surface area contributed by atoms with Crippen molar-refractivity contribution in [2.45, 2.75) is 13.3 Å². The first-order valence-corrected chi connectivity index (χ1v) is 10.4. The van der Waals surface area contributed by atoms with Gasteiger partial charge in [-0.15, -0.1) is 0 Å². The van der Waals surface area contributed by atoms with Gasteiger partial charge in [-0.2, -0.15) is 0 Å². The summed E-state index contributed by atoms with van der Waals surface area (Å²) in [5, 5.41) is 13.3. The Balaban J connectivity index is 1.37. The van der Waals surface area contributed by atoms with Crippen molar-refractivity contribution in [3.63, 3.8) is 0 Å². The van der Waals surface area contributed by atoms with Gasteiger partial charge in [-0.1, -0.05) is 36.5 Å². The maximum atomic E-state index is 12.6. The zero-order valence-corrected chi connectivity index (χ0v) is 16.9. The number of thiazole rings is 1. The fourth-order valence-electron chi connectivity index (χ4n) is 3.35. The second-order valence-corrected chi connectivity index (χ2v) is 7.93. The maximum Gasteiger partial charge on any atom is 0.323 e. The molecule has 3 amide bonds. The average molecular weight is 410 g/mol. The minimum Gasteiger partial charge on any atom is -0.507 e. The van der Waals surface area contributed by atoms with E-state index in [9.17, 15) is 14.7 Å². The minimum absolute atomic E-state index is 0.0280. The number of amides is 3. The van der Waals surface area contributed by atoms with Gasteiger partial charge in [-0.3, -0.25) is 10.1 Å². The molecule has 7 nitrogen and oxygen atoms in total. The fraction of sp³-hybridized carbons (Fsp3) is 0.286. The molecular formula is C21H22N4O3S. The fourth-order valence-corrected chi connectivity index (χ4v) is 4.27. The summed E-state index contributed by atoms with van der Waals surface area (Å²) in [6.07, 6.45) is 0.958. The van der Waals surface area contributed by atoms with Crippen molar-refractivity contribution >= 4 is 38.6 Å². The standard InChI is InChI=1S/C21H22N4O3S/c1-2-14-7-8-16-18(13-14)29-20(22-16)23-21(28)25-11-9-24(10-12-25)19(27)15-5-3-4-6-17(15)26/h3-8,13,26H,2,9-12H2,1H3,(H,22,23,28). The Morgan fingerprint density at radius 1 is 1.10 bits per heavy atom. The quantitative estimate of drug-likeness (QED) is 0.691. The molecule has 3 aromatic rings. The van der Waals surface area contributed by atoms with Crippen molar-refractivity contribution in [1.29, 1.82) is 0 Å². The van der Waals surface area contributed by atoms with Crippen molar-refractivity contribution < 1.29 is 14.7 Å². The highest BCUT2D eigenvalue weighted by atomic mass is 32.1. The van der Waals surface area contributed by atoms with Crippen LogP contribution < -0.4 is 5.32 Å². The van der Waals surface area contributed by atoms with E-state index in [0.717, 1.165) is 16.6 Å². The van der Waals surface area contributed by atoms with Gasteiger partial charge in [-0.05, 0) is 36.2 Å². The number of benzene rings is 2. The predicted octanol–water partition coefficient (Wildman–Crippen LogP) is 3.55. The van der Waals surface area contributed by atoms with Crippen LogP contribution in [0.4, 0.5) is 9.93 Å². The number of carbonyl (C=O) groups excluding carboxylic acids is 2. The molecule has 2 aromatic carbocycles. The van der Waals surface area contributed by atoms with Crippen LogP contribution in [0.3, 0.4) is 0 Å². The lowest BCUT2D eigenvalue weighted by Crippen LogP contribution is -2.51. The number of fused-ring (bicyclic) bond motifs is 1. The second kappa shape index (κ2) is 8.08. The van der Waals surface area contributed by atoms with Gasteiger partial charge in [-0.25, -0.2) is 9.78 Å². The summed E-state index contributed by atoms with van der Waals surface area (Å²) in [6, 6.07) is 12.4. The molecule has 1 fully saturated rings. The van der Waals surface area contributed by atoms with Gasteiger partial charge >= 0.3 is 6.03 Å². The van der Waals surface area contributed by atoms with Crippen LogP contribution in [0.5, 0.6) is 5.75 Å². The van der Waals surface area contributed by atoms with Crippen LogP contribution in [0, 0.1) is 0 Å². The van der Waals surface area contributed by atoms with Crippen LogP contribution in [0.15, 0.2) is 42.5 Å². The molecule has 0 unspecified atom stereocenters. The van der Waals surface area contributed by atoms with Crippen molar-refractivity contribution in [3.05, 3.63) is 53.6 Å². The van der Waals surface area contributed by atoms with E-state index in [4.69, 9.17) is 0 Å². The summed E-state index contributed by atoms with van der Waals surface area (Å²) in [5.74, 6) is -0.249. The van der Waals surface area contributed by atoms with Gasteiger partial charge in [0.15, 0.2) is 5.13 Å². The third-order valence-electron chi connectivity index (χ3n) is 5.06. The molecule has 0 radical (unpaired) electrons. The largest absolute Gasteiger partial charge is 0.507 e. The molecule has 0 spiro atoms. The van der Waals surface area contributed by atoms with Crippen LogP contribution in [0.1, 0.15) is 22.8 Å². The Kier molecular flexibility index (Phi) is 5.35. The Labute approximate surface area is 172 Å². The summed E-state index contributed by atoms with van der Waals surface area (Å²) < 4.78 is 1.05. The van der Waals surface area contributed by atoms with E-state index in [1.165, 1.54) is 23.0 Å². The molecule has 0 atom stereocenters. The number of aromatic nitrogens is 1. The molecule has 2 N–H and O–H groups in total. The van der Waals surface area contributed by atoms with E-state index < -0.39 is 0 Å². The highest BCUT2D eigenvalue weighted by molar-refractivity contribution is 7.22. The minimum atomic E-state index is -0.221. The number of urea groups is 1. The number of anilines is 1. The van der Waals surface area contributed by atoms with E-state index >= 15 is 0 Å². The number of phenols is 1. The van der Waals surface area contributed by atoms with Gasteiger partial charge in [0.25, 0.3) is 5.91 Å². The third-order valence-corrected chi connectivity index (χ3v) is 6.00. The van der Waals surface area contributed by atoms with Crippen LogP contribution in [-0.2, 0) is 6.42 Å². The number of para-hydroxylation sites is 1. The average Bonchev–Trinajstić information content (AvgIpc) is 3.15. The first kappa shape index (κ1) is 19.2. The lowest BCUT2D eigenvalue weighted by Gasteiger charge is -2.34. The lowest BCUT2D eigenvalue weighted by molar-refractivity contribution is 0.0668. The topological polar surface area (TPSA) is 85.8 Å². The SMILES string of the molecule is CCc1ccc2nc(NC(=O)N3CCN(C(=O)c4ccccc4O)CC3)sc2c1. The van der Waals surface area contributed by atoms with Crippen molar-refractivity contribution in [2.24, 2.45) is 0 Å². The van der Waals surface area contributed by atoms with Gasteiger partial charge in [0.05, 0.1) is 15.8 Å². The molecule has 150 valence electrons. The molecule has 4 rings (SSSR count). The number of rotatable bonds is 3. The monoisotopic (exact) mass is 410 g/mol. The molecule has 1 aromatic heterocycles. The summed E-state index contributed by atoms with van der Waals surface area (Å²) in [7, 11) is 0. The number of hydrogen-bond acceptors (Lipinski definition) is 5. The van der Waals surface area contributed by atoms with Crippen molar-refractivity contribution in [3.8, 4) is 5.75 Å². The smallest absolute Gasteiger partial charge is 0.323 e. The predicted molar refractivity (Wildman–Crippen MR) is 114 cm³/mol. The van der Waals surface area contributed by atoms with Gasteiger partial charge in [0, 0.05) is 26.2 Å². The number of nitrogens with one attached hydrogen (secondary N) is 1. The number of hydrogen-bond donors (Lipinski definition) is 2. The Morgan fingerprint density at radius 3 is 2.55 bits per heavy atom. The van der Waals surface area contributed by atoms with Crippen LogP contribution in [-0.4, -0.2) is 58.0 Å². The van der Waals surface area contributed by atoms with Crippen molar-refractivity contribution in [2.75, 3.05) is 31.5 Å². The Bertz CT molecular complexity index is 1060. The lowest BCUT2D eigenvalue weighted by atomic mass is 10.1. The molecule has 0 saturated carbocycles. The maximum absolute atomic E-state index is 12.6. The molecule has 2 heterocycles. The molecule has 29 heavy (non-hydrogen) atoms. The van der Waals surface area contributed by atoms with E-state index in [0.29, 0.717) is 31.3 Å². The molecule has 1 saturated heterocycles. The summed E-state index contributed by atoms with van der Waals surface area (Å²) >= 11 is 1.46. The van der Waals surface area contributed by atoms with Crippen LogP contribution >= 0.6 is 11.3 Å². The van der Waals surface area contributed by atoms with E-state index in [2.05, 4.69) is 29.4 Å². The molecule has 0 bridgehead atoms. The number of piperazine rings is 1. The summed E-state index contributed by atoms with van der Waals surface area (Å²) in [5.41, 5.74) is 2.40. The first-order chi connectivity index (χ1) is 14.0. The molecule has 8 heteroatoms. The Morgan fingerprint density at radius 2 is 1.83 bits per heavy atom. The zero-order valence-electron chi connectivity index (χ0n) is 16.1. The zero-order chi connectivity index (χ0) is 20.4. The number of nitrogens with zero attached hydrogens (tertiary/aromatic N) is 3. The van der Waals surface area contributed by atoms with Gasteiger partial charge in [0.2, 0.25) is 0 Å². The number of aromatic hydroxyl groups is 1. The number of carbonyl (C=O) groups is 2. The number of phenolic OH excluding ortho intramolecular Hbond substituents is 1. The van der Waals surface area contributed by atoms with Gasteiger partial charge in [0.1, 0.15) is 5.75 Å². The molecule has 1 aliphatic heterocycles. The molecule has 0 aliphatic carbocycles. The molecule has 1 aliphatic rings. The van der Waals surface area contributed by atoms with Crippen LogP contribution in [0.2, 0.25) is 0 Å². The summed E-state index contributed by atoms with van der Waals surface area (Å²) in [6.45, 7) is 3.79. The highest BCUT2D eigenvalue weighted by Gasteiger charge is 2.26. The first-order valence-electron chi connectivity index (χ1n) is 9.58. The van der Waals surface area contributed by atoms with Crippen molar-refractivity contribution in [1.82, 2.24) is 14.8 Å². The Hall–Kier alpha value is -3.13. The van der Waals surface area contributed by atoms with Crippen LogP contribution in [0.25, 0.3) is 10.2 Å². The summed E-state index contributed by atoms with van der Waals surface area (Å²) in [4.78, 5) is 33.0.